The Kier molecular flexibility index (Phi) is 7.15. The fraction of sp³-hybridized carbons (Fsp3) is 0.407. The lowest BCUT2D eigenvalue weighted by Crippen LogP contribution is -2.41. The van der Waals surface area contributed by atoms with Crippen LogP contribution in [0.15, 0.2) is 54.9 Å². The maximum absolute atomic E-state index is 13.4. The number of carbonyl (C=O) groups excluding carboxylic acids is 1. The predicted molar refractivity (Wildman–Crippen MR) is 137 cm³/mol. The highest BCUT2D eigenvalue weighted by atomic mass is 32.2. The Morgan fingerprint density at radius 2 is 1.97 bits per heavy atom. The second-order valence-electron chi connectivity index (χ2n) is 9.67. The molecule has 2 aromatic heterocycles. The van der Waals surface area contributed by atoms with E-state index in [9.17, 15) is 13.2 Å². The van der Waals surface area contributed by atoms with Gasteiger partial charge in [-0.3, -0.25) is 14.0 Å². The third kappa shape index (κ3) is 6.00. The van der Waals surface area contributed by atoms with Crippen LogP contribution in [0.5, 0.6) is 0 Å². The van der Waals surface area contributed by atoms with Gasteiger partial charge in [0.15, 0.2) is 0 Å². The van der Waals surface area contributed by atoms with Gasteiger partial charge >= 0.3 is 0 Å². The molecule has 0 spiro atoms. The number of aryl methyl sites for hydroxylation is 2. The summed E-state index contributed by atoms with van der Waals surface area (Å²) in [7, 11) is -1.69. The van der Waals surface area contributed by atoms with Crippen LogP contribution in [0.2, 0.25) is 0 Å². The molecule has 35 heavy (non-hydrogen) atoms. The molecule has 1 fully saturated rings. The predicted octanol–water partition coefficient (Wildman–Crippen LogP) is 4.22. The van der Waals surface area contributed by atoms with E-state index in [0.717, 1.165) is 42.5 Å². The Morgan fingerprint density at radius 3 is 2.60 bits per heavy atom. The molecule has 1 saturated carbocycles. The molecular formula is C27H33N3O4S. The Labute approximate surface area is 207 Å². The van der Waals surface area contributed by atoms with Gasteiger partial charge in [-0.05, 0) is 84.3 Å². The first-order valence-corrected chi connectivity index (χ1v) is 13.7. The van der Waals surface area contributed by atoms with E-state index in [4.69, 9.17) is 4.18 Å². The monoisotopic (exact) mass is 495 g/mol. The van der Waals surface area contributed by atoms with E-state index in [1.54, 1.807) is 6.07 Å². The van der Waals surface area contributed by atoms with Gasteiger partial charge in [-0.2, -0.15) is 8.42 Å². The van der Waals surface area contributed by atoms with Crippen molar-refractivity contribution < 1.29 is 17.4 Å². The molecule has 1 unspecified atom stereocenters. The number of amides is 1. The third-order valence-corrected chi connectivity index (χ3v) is 7.39. The Morgan fingerprint density at radius 1 is 1.20 bits per heavy atom. The van der Waals surface area contributed by atoms with Crippen molar-refractivity contribution in [3.63, 3.8) is 0 Å². The molecule has 0 saturated heterocycles. The maximum Gasteiger partial charge on any atom is 0.264 e. The van der Waals surface area contributed by atoms with Crippen molar-refractivity contribution in [2.75, 3.05) is 12.8 Å². The largest absolute Gasteiger partial charge is 0.351 e. The number of benzene rings is 1. The van der Waals surface area contributed by atoms with Crippen molar-refractivity contribution in [3.05, 3.63) is 77.2 Å². The summed E-state index contributed by atoms with van der Waals surface area (Å²) in [4.78, 5) is 18.0. The fourth-order valence-electron chi connectivity index (χ4n) is 4.53. The lowest BCUT2D eigenvalue weighted by Gasteiger charge is -2.30. The molecule has 0 radical (unpaired) electrons. The third-order valence-electron chi connectivity index (χ3n) is 6.85. The topological polar surface area (TPSA) is 90.3 Å². The van der Waals surface area contributed by atoms with E-state index in [-0.39, 0.29) is 17.9 Å². The first-order chi connectivity index (χ1) is 16.6. The van der Waals surface area contributed by atoms with Gasteiger partial charge in [-0.25, -0.2) is 0 Å². The summed E-state index contributed by atoms with van der Waals surface area (Å²) < 4.78 is 30.0. The molecule has 0 aliphatic heterocycles. The molecule has 4 rings (SSSR count). The van der Waals surface area contributed by atoms with Gasteiger partial charge in [0.25, 0.3) is 16.0 Å². The molecule has 1 aliphatic rings. The Bertz CT molecular complexity index is 1330. The van der Waals surface area contributed by atoms with E-state index in [1.807, 2.05) is 54.3 Å². The highest BCUT2D eigenvalue weighted by Gasteiger charge is 2.44. The number of aromatic nitrogens is 2. The van der Waals surface area contributed by atoms with Crippen LogP contribution in [-0.4, -0.2) is 36.7 Å². The molecule has 1 aromatic carbocycles. The van der Waals surface area contributed by atoms with Crippen LogP contribution in [0.3, 0.4) is 0 Å². The molecule has 1 N–H and O–H groups in total. The van der Waals surface area contributed by atoms with Crippen LogP contribution in [-0.2, 0) is 39.8 Å². The average molecular weight is 496 g/mol. The van der Waals surface area contributed by atoms with Crippen molar-refractivity contribution in [3.8, 4) is 11.3 Å². The highest BCUT2D eigenvalue weighted by molar-refractivity contribution is 7.85. The zero-order valence-corrected chi connectivity index (χ0v) is 21.6. The summed E-state index contributed by atoms with van der Waals surface area (Å²) in [6.45, 7) is 4.64. The lowest BCUT2D eigenvalue weighted by atomic mass is 9.80. The van der Waals surface area contributed by atoms with Crippen LogP contribution in [0.4, 0.5) is 0 Å². The molecule has 2 heterocycles. The van der Waals surface area contributed by atoms with E-state index in [0.29, 0.717) is 23.6 Å². The summed E-state index contributed by atoms with van der Waals surface area (Å²) >= 11 is 0. The summed E-state index contributed by atoms with van der Waals surface area (Å²) in [5.74, 6) is 0.274. The van der Waals surface area contributed by atoms with Gasteiger partial charge in [-0.15, -0.1) is 0 Å². The zero-order valence-electron chi connectivity index (χ0n) is 20.7. The van der Waals surface area contributed by atoms with Crippen LogP contribution in [0.1, 0.15) is 53.9 Å². The van der Waals surface area contributed by atoms with Crippen molar-refractivity contribution in [2.24, 2.45) is 13.0 Å². The summed E-state index contributed by atoms with van der Waals surface area (Å²) in [5.41, 5.74) is 4.81. The van der Waals surface area contributed by atoms with E-state index < -0.39 is 10.1 Å². The Hall–Kier alpha value is -2.97. The Balaban J connectivity index is 1.60. The highest BCUT2D eigenvalue weighted by Crippen LogP contribution is 2.46. The van der Waals surface area contributed by atoms with Crippen molar-refractivity contribution in [2.45, 2.75) is 45.1 Å². The summed E-state index contributed by atoms with van der Waals surface area (Å²) in [6.07, 6.45) is 7.98. The molecule has 1 atom stereocenters. The second-order valence-corrected chi connectivity index (χ2v) is 11.3. The van der Waals surface area contributed by atoms with E-state index in [1.165, 1.54) is 5.56 Å². The SMILES string of the molecule is CCc1ccnc(C(C)(CNC(=O)c2cc(COS(C)(=O)=O)cc(-c3cccn3C)c2)C2CC2)c1. The fourth-order valence-corrected chi connectivity index (χ4v) is 4.88. The minimum Gasteiger partial charge on any atom is -0.351 e. The van der Waals surface area contributed by atoms with Gasteiger partial charge in [0.05, 0.1) is 12.9 Å². The van der Waals surface area contributed by atoms with Gasteiger partial charge in [0.1, 0.15) is 0 Å². The molecule has 186 valence electrons. The standard InChI is InChI=1S/C27H33N3O4S/c1-5-19-10-11-28-25(15-19)27(2,23-8-9-23)18-29-26(31)22-14-20(17-34-35(4,32)33)13-21(16-22)24-7-6-12-30(24)3/h6-7,10-16,23H,5,8-9,17-18H2,1-4H3,(H,29,31). The van der Waals surface area contributed by atoms with Gasteiger partial charge in [0.2, 0.25) is 0 Å². The van der Waals surface area contributed by atoms with Gasteiger partial charge in [-0.1, -0.05) is 13.8 Å². The molecule has 1 amide bonds. The molecule has 7 nitrogen and oxygen atoms in total. The minimum atomic E-state index is -3.61. The maximum atomic E-state index is 13.4. The zero-order chi connectivity index (χ0) is 25.2. The van der Waals surface area contributed by atoms with E-state index >= 15 is 0 Å². The van der Waals surface area contributed by atoms with Gasteiger partial charge in [0, 0.05) is 48.4 Å². The van der Waals surface area contributed by atoms with Crippen molar-refractivity contribution in [1.29, 1.82) is 0 Å². The number of nitrogens with zero attached hydrogens (tertiary/aromatic N) is 2. The smallest absolute Gasteiger partial charge is 0.264 e. The van der Waals surface area contributed by atoms with Crippen molar-refractivity contribution in [1.82, 2.24) is 14.9 Å². The quantitative estimate of drug-likeness (QED) is 0.425. The number of carbonyl (C=O) groups is 1. The normalized spacial score (nSPS) is 15.5. The molecular weight excluding hydrogens is 462 g/mol. The summed E-state index contributed by atoms with van der Waals surface area (Å²) in [6, 6.07) is 13.4. The molecule has 3 aromatic rings. The van der Waals surface area contributed by atoms with Gasteiger partial charge < -0.3 is 9.88 Å². The second kappa shape index (κ2) is 9.95. The number of rotatable bonds is 10. The minimum absolute atomic E-state index is 0.134. The first kappa shape index (κ1) is 25.1. The average Bonchev–Trinajstić information content (AvgIpc) is 3.61. The number of nitrogens with one attached hydrogen (secondary N) is 1. The lowest BCUT2D eigenvalue weighted by molar-refractivity contribution is 0.0941. The van der Waals surface area contributed by atoms with E-state index in [2.05, 4.69) is 30.2 Å². The number of hydrogen-bond acceptors (Lipinski definition) is 5. The van der Waals surface area contributed by atoms with Crippen molar-refractivity contribution >= 4 is 16.0 Å². The van der Waals surface area contributed by atoms with Crippen LogP contribution in [0, 0.1) is 5.92 Å². The number of pyridine rings is 1. The molecule has 8 heteroatoms. The van der Waals surface area contributed by atoms with Crippen LogP contribution < -0.4 is 5.32 Å². The van der Waals surface area contributed by atoms with Crippen LogP contribution in [0.25, 0.3) is 11.3 Å². The molecule has 0 bridgehead atoms. The summed E-state index contributed by atoms with van der Waals surface area (Å²) in [5, 5.41) is 3.14. The number of hydrogen-bond donors (Lipinski definition) is 1. The first-order valence-electron chi connectivity index (χ1n) is 11.9. The molecule has 1 aliphatic carbocycles. The van der Waals surface area contributed by atoms with Crippen LogP contribution >= 0.6 is 0 Å².